The van der Waals surface area contributed by atoms with Gasteiger partial charge in [-0.1, -0.05) is 17.4 Å². The molecule has 1 saturated heterocycles. The van der Waals surface area contributed by atoms with E-state index in [1.807, 2.05) is 0 Å². The van der Waals surface area contributed by atoms with Crippen molar-refractivity contribution in [2.45, 2.75) is 13.0 Å². The van der Waals surface area contributed by atoms with Gasteiger partial charge in [0, 0.05) is 22.6 Å². The number of aryl methyl sites for hydroxylation is 1. The number of thiazole rings is 1. The first-order valence-corrected chi connectivity index (χ1v) is 11.6. The van der Waals surface area contributed by atoms with Crippen molar-refractivity contribution in [2.24, 2.45) is 0 Å². The number of amides is 1. The molecule has 34 heavy (non-hydrogen) atoms. The predicted octanol–water partition coefficient (Wildman–Crippen LogP) is 5.34. The van der Waals surface area contributed by atoms with Gasteiger partial charge in [-0.2, -0.15) is 0 Å². The molecule has 170 valence electrons. The normalized spacial score (nSPS) is 17.6. The van der Waals surface area contributed by atoms with E-state index in [0.717, 1.165) is 11.3 Å². The van der Waals surface area contributed by atoms with Crippen LogP contribution in [-0.4, -0.2) is 26.7 Å². The largest absolute Gasteiger partial charge is 0.507 e. The number of halogens is 1. The molecule has 3 heterocycles. The molecular weight excluding hydrogens is 481 g/mol. The summed E-state index contributed by atoms with van der Waals surface area (Å²) in [5.74, 6) is -2.66. The van der Waals surface area contributed by atoms with Crippen LogP contribution in [0.3, 0.4) is 0 Å². The van der Waals surface area contributed by atoms with Gasteiger partial charge in [0.15, 0.2) is 5.13 Å². The van der Waals surface area contributed by atoms with Crippen LogP contribution in [0.4, 0.5) is 15.2 Å². The number of carbonyl (C=O) groups is 2. The Balaban J connectivity index is 1.69. The Morgan fingerprint density at radius 2 is 2.00 bits per heavy atom. The number of rotatable bonds is 4. The smallest absolute Gasteiger partial charge is 0.301 e. The van der Waals surface area contributed by atoms with Crippen LogP contribution in [-0.2, 0) is 9.59 Å². The number of nitrogens with zero attached hydrogens (tertiary/aromatic N) is 3. The van der Waals surface area contributed by atoms with Crippen molar-refractivity contribution in [3.05, 3.63) is 91.4 Å². The number of anilines is 1. The third-order valence-corrected chi connectivity index (χ3v) is 7.41. The van der Waals surface area contributed by atoms with Crippen molar-refractivity contribution in [3.8, 4) is 0 Å². The van der Waals surface area contributed by atoms with Gasteiger partial charge in [0.05, 0.1) is 20.7 Å². The second kappa shape index (κ2) is 8.12. The van der Waals surface area contributed by atoms with Gasteiger partial charge < -0.3 is 5.11 Å². The zero-order valence-electron chi connectivity index (χ0n) is 17.4. The highest BCUT2D eigenvalue weighted by Crippen LogP contribution is 2.45. The monoisotopic (exact) mass is 495 g/mol. The van der Waals surface area contributed by atoms with Crippen molar-refractivity contribution < 1.29 is 24.0 Å². The molecule has 1 aliphatic heterocycles. The van der Waals surface area contributed by atoms with Crippen molar-refractivity contribution >= 4 is 61.2 Å². The van der Waals surface area contributed by atoms with Gasteiger partial charge in [-0.05, 0) is 48.2 Å². The summed E-state index contributed by atoms with van der Waals surface area (Å²) in [5.41, 5.74) is 0.665. The number of carbonyl (C=O) groups excluding carboxylic acids is 2. The molecule has 1 aliphatic rings. The Hall–Kier alpha value is -3.96. The van der Waals surface area contributed by atoms with Gasteiger partial charge >= 0.3 is 5.91 Å². The highest BCUT2D eigenvalue weighted by Gasteiger charge is 2.48. The molecule has 0 aliphatic carbocycles. The summed E-state index contributed by atoms with van der Waals surface area (Å²) in [4.78, 5) is 43.1. The summed E-state index contributed by atoms with van der Waals surface area (Å²) in [5, 5.41) is 24.1. The molecule has 0 spiro atoms. The van der Waals surface area contributed by atoms with Crippen LogP contribution in [0.25, 0.3) is 16.0 Å². The number of hydrogen-bond acceptors (Lipinski definition) is 8. The van der Waals surface area contributed by atoms with Gasteiger partial charge in [0.1, 0.15) is 17.6 Å². The van der Waals surface area contributed by atoms with E-state index in [2.05, 4.69) is 4.98 Å². The molecule has 1 unspecified atom stereocenters. The molecule has 1 atom stereocenters. The second-order valence-corrected chi connectivity index (χ2v) is 9.54. The number of nitro groups is 1. The van der Waals surface area contributed by atoms with E-state index >= 15 is 0 Å². The standard InChI is InChI=1S/C23H14FN3O5S2/c1-11-9-12(4-6-14(11)24)20(28)18-19(16-3-2-8-33-16)26(22(30)21(18)29)23-25-15-7-5-13(27(31)32)10-17(15)34-23/h2-10,19,28H,1H3/b20-18+. The van der Waals surface area contributed by atoms with Crippen molar-refractivity contribution in [3.63, 3.8) is 0 Å². The number of hydrogen-bond donors (Lipinski definition) is 1. The lowest BCUT2D eigenvalue weighted by molar-refractivity contribution is -0.384. The lowest BCUT2D eigenvalue weighted by Crippen LogP contribution is -2.28. The summed E-state index contributed by atoms with van der Waals surface area (Å²) < 4.78 is 14.2. The van der Waals surface area contributed by atoms with E-state index in [9.17, 15) is 29.2 Å². The van der Waals surface area contributed by atoms with Crippen molar-refractivity contribution in [1.29, 1.82) is 0 Å². The third-order valence-electron chi connectivity index (χ3n) is 5.47. The number of ketones is 1. The topological polar surface area (TPSA) is 114 Å². The summed E-state index contributed by atoms with van der Waals surface area (Å²) in [6, 6.07) is 10.6. The summed E-state index contributed by atoms with van der Waals surface area (Å²) in [7, 11) is 0. The molecule has 0 radical (unpaired) electrons. The van der Waals surface area contributed by atoms with Crippen molar-refractivity contribution in [2.75, 3.05) is 4.90 Å². The fourth-order valence-corrected chi connectivity index (χ4v) is 5.66. The molecule has 1 fully saturated rings. The van der Waals surface area contributed by atoms with E-state index in [4.69, 9.17) is 0 Å². The Bertz CT molecular complexity index is 1530. The van der Waals surface area contributed by atoms with Crippen molar-refractivity contribution in [1.82, 2.24) is 4.98 Å². The molecule has 2 aromatic heterocycles. The maximum absolute atomic E-state index is 13.8. The lowest BCUT2D eigenvalue weighted by Gasteiger charge is -2.21. The lowest BCUT2D eigenvalue weighted by atomic mass is 9.99. The Morgan fingerprint density at radius 3 is 2.68 bits per heavy atom. The van der Waals surface area contributed by atoms with E-state index in [1.165, 1.54) is 59.6 Å². The second-order valence-electron chi connectivity index (χ2n) is 7.55. The molecule has 0 bridgehead atoms. The van der Waals surface area contributed by atoms with Crippen LogP contribution in [0.15, 0.2) is 59.5 Å². The molecule has 11 heteroatoms. The first kappa shape index (κ1) is 21.9. The molecule has 4 aromatic rings. The van der Waals surface area contributed by atoms with E-state index in [1.54, 1.807) is 17.5 Å². The van der Waals surface area contributed by atoms with Crippen LogP contribution in [0, 0.1) is 22.9 Å². The molecule has 5 rings (SSSR count). The minimum atomic E-state index is -0.957. The highest BCUT2D eigenvalue weighted by atomic mass is 32.1. The fourth-order valence-electron chi connectivity index (χ4n) is 3.81. The maximum Gasteiger partial charge on any atom is 0.301 e. The van der Waals surface area contributed by atoms with Crippen LogP contribution in [0.2, 0.25) is 0 Å². The first-order valence-electron chi connectivity index (χ1n) is 9.92. The van der Waals surface area contributed by atoms with Crippen LogP contribution in [0.1, 0.15) is 22.0 Å². The summed E-state index contributed by atoms with van der Waals surface area (Å²) in [6.45, 7) is 1.53. The van der Waals surface area contributed by atoms with Gasteiger partial charge in [0.25, 0.3) is 11.5 Å². The quantitative estimate of drug-likeness (QED) is 0.134. The fraction of sp³-hybridized carbons (Fsp3) is 0.0870. The van der Waals surface area contributed by atoms with Crippen LogP contribution in [0.5, 0.6) is 0 Å². The highest BCUT2D eigenvalue weighted by molar-refractivity contribution is 7.22. The molecule has 2 aromatic carbocycles. The van der Waals surface area contributed by atoms with Gasteiger partial charge in [-0.15, -0.1) is 11.3 Å². The average Bonchev–Trinajstić information content (AvgIpc) is 3.53. The number of thiophene rings is 1. The number of fused-ring (bicyclic) bond motifs is 1. The van der Waals surface area contributed by atoms with Crippen LogP contribution < -0.4 is 4.90 Å². The summed E-state index contributed by atoms with van der Waals surface area (Å²) >= 11 is 2.33. The van der Waals surface area contributed by atoms with Gasteiger partial charge in [-0.3, -0.25) is 24.6 Å². The van der Waals surface area contributed by atoms with E-state index in [0.29, 0.717) is 15.1 Å². The van der Waals surface area contributed by atoms with E-state index < -0.39 is 34.2 Å². The van der Waals surface area contributed by atoms with Gasteiger partial charge in [-0.25, -0.2) is 9.37 Å². The molecule has 0 saturated carbocycles. The Kier molecular flexibility index (Phi) is 5.22. The predicted molar refractivity (Wildman–Crippen MR) is 127 cm³/mol. The molecule has 1 amide bonds. The van der Waals surface area contributed by atoms with Gasteiger partial charge in [0.2, 0.25) is 0 Å². The van der Waals surface area contributed by atoms with Crippen LogP contribution >= 0.6 is 22.7 Å². The molecule has 1 N–H and O–H groups in total. The number of non-ortho nitro benzene ring substituents is 1. The number of aliphatic hydroxyl groups excluding tert-OH is 1. The molecular formula is C23H14FN3O5S2. The minimum Gasteiger partial charge on any atom is -0.507 e. The zero-order chi connectivity index (χ0) is 24.1. The summed E-state index contributed by atoms with van der Waals surface area (Å²) in [6.07, 6.45) is 0. The first-order chi connectivity index (χ1) is 16.3. The Morgan fingerprint density at radius 1 is 1.21 bits per heavy atom. The Labute approximate surface area is 199 Å². The van der Waals surface area contributed by atoms with E-state index in [-0.39, 0.29) is 27.5 Å². The molecule has 8 nitrogen and oxygen atoms in total. The number of aliphatic hydroxyl groups is 1. The maximum atomic E-state index is 13.8. The number of aromatic nitrogens is 1. The zero-order valence-corrected chi connectivity index (χ0v) is 19.0. The average molecular weight is 496 g/mol. The number of nitro benzene ring substituents is 1. The third kappa shape index (κ3) is 3.45. The SMILES string of the molecule is Cc1cc(/C(O)=C2\C(=O)C(=O)N(c3nc4ccc([N+](=O)[O-])cc4s3)C2c2cccs2)ccc1F. The number of Topliss-reactive ketones (excluding diaryl/α,β-unsaturated/α-hetero) is 1. The number of benzene rings is 2. The minimum absolute atomic E-state index is 0.119.